The Kier molecular flexibility index (Phi) is 4.23. The molecule has 26 heavy (non-hydrogen) atoms. The summed E-state index contributed by atoms with van der Waals surface area (Å²) in [4.78, 5) is 0. The van der Waals surface area contributed by atoms with E-state index in [-0.39, 0.29) is 5.41 Å². The minimum atomic E-state index is 0.267. The third-order valence-corrected chi connectivity index (χ3v) is 8.71. The van der Waals surface area contributed by atoms with Crippen molar-refractivity contribution in [3.05, 3.63) is 62.8 Å². The van der Waals surface area contributed by atoms with Crippen LogP contribution in [0.2, 0.25) is 0 Å². The predicted octanol–water partition coefficient (Wildman–Crippen LogP) is 7.45. The first-order chi connectivity index (χ1) is 12.5. The normalized spacial score (nSPS) is 34.8. The van der Waals surface area contributed by atoms with Gasteiger partial charge in [0.25, 0.3) is 0 Å². The van der Waals surface area contributed by atoms with Crippen molar-refractivity contribution in [3.63, 3.8) is 0 Å². The van der Waals surface area contributed by atoms with Crippen LogP contribution >= 0.6 is 22.6 Å². The molecule has 4 aliphatic rings. The molecule has 0 amide bonds. The van der Waals surface area contributed by atoms with E-state index in [0.717, 1.165) is 17.8 Å². The van der Waals surface area contributed by atoms with Gasteiger partial charge in [-0.15, -0.1) is 0 Å². The number of allylic oxidation sites excluding steroid dienone is 6. The van der Waals surface area contributed by atoms with Crippen molar-refractivity contribution in [1.82, 2.24) is 0 Å². The Hall–Kier alpha value is -0.830. The van der Waals surface area contributed by atoms with E-state index in [9.17, 15) is 0 Å². The lowest BCUT2D eigenvalue weighted by molar-refractivity contribution is 0.209. The van der Waals surface area contributed by atoms with E-state index in [1.807, 2.05) is 0 Å². The Balaban J connectivity index is 1.41. The van der Waals surface area contributed by atoms with E-state index in [2.05, 4.69) is 78.9 Å². The van der Waals surface area contributed by atoms with Gasteiger partial charge in [-0.1, -0.05) is 61.9 Å². The fourth-order valence-corrected chi connectivity index (χ4v) is 7.02. The second kappa shape index (κ2) is 6.36. The summed E-state index contributed by atoms with van der Waals surface area (Å²) in [5.74, 6) is 3.31. The van der Waals surface area contributed by atoms with Crippen LogP contribution in [0, 0.1) is 23.7 Å². The molecule has 0 spiro atoms. The first-order valence-corrected chi connectivity index (χ1v) is 11.5. The topological polar surface area (TPSA) is 0 Å². The molecular formula is C25H29I. The molecule has 1 fully saturated rings. The van der Waals surface area contributed by atoms with E-state index in [1.54, 1.807) is 20.3 Å². The zero-order valence-corrected chi connectivity index (χ0v) is 18.1. The number of rotatable bonds is 1. The minimum Gasteiger partial charge on any atom is -0.0718 e. The molecule has 0 bridgehead atoms. The van der Waals surface area contributed by atoms with Crippen molar-refractivity contribution in [1.29, 1.82) is 0 Å². The Morgan fingerprint density at radius 3 is 2.77 bits per heavy atom. The van der Waals surface area contributed by atoms with Gasteiger partial charge >= 0.3 is 0 Å². The van der Waals surface area contributed by atoms with Crippen LogP contribution in [0.5, 0.6) is 0 Å². The number of halogens is 1. The molecule has 0 nitrogen and oxygen atoms in total. The largest absolute Gasteiger partial charge is 0.0718 e. The fourth-order valence-electron chi connectivity index (χ4n) is 6.25. The predicted molar refractivity (Wildman–Crippen MR) is 119 cm³/mol. The van der Waals surface area contributed by atoms with E-state index >= 15 is 0 Å². The maximum atomic E-state index is 2.59. The maximum Gasteiger partial charge on any atom is -0.00256 e. The summed E-state index contributed by atoms with van der Waals surface area (Å²) in [7, 11) is 0. The van der Waals surface area contributed by atoms with Crippen molar-refractivity contribution >= 4 is 28.2 Å². The smallest absolute Gasteiger partial charge is 0.00256 e. The molecule has 0 aromatic heterocycles. The SMILES string of the molecule is CC1(C)c2ccccc2C2=CC=C(C3CC[C@H]4C=C(I)CCC4C3)CC21. The molecule has 4 atom stereocenters. The standard InChI is InChI=1S/C25H29I/c1-25(2)23-6-4-3-5-21(23)22-12-10-19(15-24(22)25)16-7-8-18-14-20(26)11-9-17(18)13-16/h3-6,10,12,14,16-18,24H,7-9,11,13,15H2,1-2H3/t16?,17?,18-,24?/m0/s1. The molecule has 4 aliphatic carbocycles. The molecule has 5 rings (SSSR count). The highest BCUT2D eigenvalue weighted by Gasteiger charge is 2.44. The molecular weight excluding hydrogens is 427 g/mol. The summed E-state index contributed by atoms with van der Waals surface area (Å²) < 4.78 is 1.61. The molecule has 1 saturated carbocycles. The van der Waals surface area contributed by atoms with Crippen molar-refractivity contribution in [3.8, 4) is 0 Å². The van der Waals surface area contributed by atoms with Crippen molar-refractivity contribution < 1.29 is 0 Å². The van der Waals surface area contributed by atoms with Crippen LogP contribution in [-0.2, 0) is 5.41 Å². The molecule has 1 heteroatoms. The van der Waals surface area contributed by atoms with Gasteiger partial charge in [0.05, 0.1) is 0 Å². The molecule has 136 valence electrons. The number of hydrogen-bond donors (Lipinski definition) is 0. The minimum absolute atomic E-state index is 0.267. The summed E-state index contributed by atoms with van der Waals surface area (Å²) in [5, 5.41) is 0. The Morgan fingerprint density at radius 2 is 1.88 bits per heavy atom. The Morgan fingerprint density at radius 1 is 1.04 bits per heavy atom. The summed E-state index contributed by atoms with van der Waals surface area (Å²) in [6.07, 6.45) is 15.8. The highest BCUT2D eigenvalue weighted by Crippen LogP contribution is 2.55. The van der Waals surface area contributed by atoms with E-state index in [4.69, 9.17) is 0 Å². The molecule has 0 radical (unpaired) electrons. The summed E-state index contributed by atoms with van der Waals surface area (Å²) >= 11 is 2.56. The van der Waals surface area contributed by atoms with E-state index in [1.165, 1.54) is 44.1 Å². The van der Waals surface area contributed by atoms with Gasteiger partial charge in [0.2, 0.25) is 0 Å². The lowest BCUT2D eigenvalue weighted by Crippen LogP contribution is -2.30. The van der Waals surface area contributed by atoms with Gasteiger partial charge in [0.1, 0.15) is 0 Å². The lowest BCUT2D eigenvalue weighted by Gasteiger charge is -2.40. The van der Waals surface area contributed by atoms with Gasteiger partial charge in [-0.25, -0.2) is 0 Å². The van der Waals surface area contributed by atoms with Gasteiger partial charge in [-0.2, -0.15) is 0 Å². The fraction of sp³-hybridized carbons (Fsp3) is 0.520. The average molecular weight is 456 g/mol. The van der Waals surface area contributed by atoms with Crippen LogP contribution in [0.4, 0.5) is 0 Å². The average Bonchev–Trinajstić information content (AvgIpc) is 2.89. The third-order valence-electron chi connectivity index (χ3n) is 7.81. The summed E-state index contributed by atoms with van der Waals surface area (Å²) in [5.41, 5.74) is 6.68. The quantitative estimate of drug-likeness (QED) is 0.385. The van der Waals surface area contributed by atoms with E-state index in [0.29, 0.717) is 5.92 Å². The first kappa shape index (κ1) is 17.3. The monoisotopic (exact) mass is 456 g/mol. The molecule has 1 aromatic rings. The van der Waals surface area contributed by atoms with Crippen LogP contribution < -0.4 is 0 Å². The molecule has 0 N–H and O–H groups in total. The van der Waals surface area contributed by atoms with Gasteiger partial charge < -0.3 is 0 Å². The first-order valence-electron chi connectivity index (χ1n) is 10.4. The zero-order valence-electron chi connectivity index (χ0n) is 16.0. The molecule has 3 unspecified atom stereocenters. The van der Waals surface area contributed by atoms with Crippen molar-refractivity contribution in [2.45, 2.75) is 57.8 Å². The number of hydrogen-bond acceptors (Lipinski definition) is 0. The van der Waals surface area contributed by atoms with Crippen molar-refractivity contribution in [2.24, 2.45) is 23.7 Å². The number of fused-ring (bicyclic) bond motifs is 4. The Labute approximate surface area is 172 Å². The van der Waals surface area contributed by atoms with Crippen LogP contribution in [-0.4, -0.2) is 0 Å². The highest BCUT2D eigenvalue weighted by molar-refractivity contribution is 14.1. The van der Waals surface area contributed by atoms with Crippen LogP contribution in [0.15, 0.2) is 51.6 Å². The molecule has 0 heterocycles. The van der Waals surface area contributed by atoms with Crippen LogP contribution in [0.25, 0.3) is 5.57 Å². The summed E-state index contributed by atoms with van der Waals surface area (Å²) in [6.45, 7) is 4.93. The highest BCUT2D eigenvalue weighted by atomic mass is 127. The maximum absolute atomic E-state index is 2.59. The second-order valence-corrected chi connectivity index (χ2v) is 10.9. The molecule has 1 aromatic carbocycles. The third kappa shape index (κ3) is 2.68. The van der Waals surface area contributed by atoms with Crippen LogP contribution in [0.1, 0.15) is 63.5 Å². The lowest BCUT2D eigenvalue weighted by atomic mass is 9.65. The van der Waals surface area contributed by atoms with Gasteiger partial charge in [-0.3, -0.25) is 0 Å². The van der Waals surface area contributed by atoms with Gasteiger partial charge in [0, 0.05) is 0 Å². The van der Waals surface area contributed by atoms with Crippen molar-refractivity contribution in [2.75, 3.05) is 0 Å². The van der Waals surface area contributed by atoms with Gasteiger partial charge in [-0.05, 0) is 110 Å². The number of benzene rings is 1. The van der Waals surface area contributed by atoms with Crippen LogP contribution in [0.3, 0.4) is 0 Å². The van der Waals surface area contributed by atoms with Gasteiger partial charge in [0.15, 0.2) is 0 Å². The summed E-state index contributed by atoms with van der Waals surface area (Å²) in [6, 6.07) is 9.11. The Bertz CT molecular complexity index is 822. The van der Waals surface area contributed by atoms with E-state index < -0.39 is 0 Å². The molecule has 0 saturated heterocycles. The second-order valence-electron chi connectivity index (χ2n) is 9.47. The zero-order chi connectivity index (χ0) is 17.9. The molecule has 0 aliphatic heterocycles.